The molecule has 26 heavy (non-hydrogen) atoms. The van der Waals surface area contributed by atoms with Gasteiger partial charge in [0.05, 0.1) is 11.3 Å². The maximum absolute atomic E-state index is 11.4. The van der Waals surface area contributed by atoms with Gasteiger partial charge >= 0.3 is 5.97 Å². The Balaban J connectivity index is 1.90. The highest BCUT2D eigenvalue weighted by molar-refractivity contribution is 6.30. The van der Waals surface area contributed by atoms with Gasteiger partial charge in [-0.1, -0.05) is 23.7 Å². The van der Waals surface area contributed by atoms with Crippen LogP contribution in [0.4, 0.5) is 23.1 Å². The number of halogens is 1. The highest BCUT2D eigenvalue weighted by Crippen LogP contribution is 2.24. The smallest absolute Gasteiger partial charge is 0.337 e. The molecule has 0 aliphatic carbocycles. The Morgan fingerprint density at radius 1 is 1.00 bits per heavy atom. The lowest BCUT2D eigenvalue weighted by Crippen LogP contribution is -2.06. The van der Waals surface area contributed by atoms with Crippen LogP contribution in [-0.2, 0) is 0 Å². The summed E-state index contributed by atoms with van der Waals surface area (Å²) in [5, 5.41) is 16.2. The predicted octanol–water partition coefficient (Wildman–Crippen LogP) is 4.93. The summed E-state index contributed by atoms with van der Waals surface area (Å²) < 4.78 is 0. The maximum atomic E-state index is 11.4. The van der Waals surface area contributed by atoms with Crippen LogP contribution in [0.15, 0.2) is 48.5 Å². The summed E-state index contributed by atoms with van der Waals surface area (Å²) in [5.41, 5.74) is 3.19. The number of carboxylic acids is 1. The lowest BCUT2D eigenvalue weighted by molar-refractivity contribution is 0.0698. The van der Waals surface area contributed by atoms with E-state index in [1.165, 1.54) is 6.07 Å². The molecule has 1 heterocycles. The molecule has 0 saturated heterocycles. The van der Waals surface area contributed by atoms with E-state index in [4.69, 9.17) is 11.6 Å². The molecule has 0 aliphatic rings. The fourth-order valence-corrected chi connectivity index (χ4v) is 2.72. The van der Waals surface area contributed by atoms with Crippen molar-refractivity contribution < 1.29 is 9.90 Å². The molecule has 6 nitrogen and oxygen atoms in total. The van der Waals surface area contributed by atoms with Gasteiger partial charge in [-0.3, -0.25) is 0 Å². The third kappa shape index (κ3) is 4.10. The lowest BCUT2D eigenvalue weighted by Gasteiger charge is -2.12. The van der Waals surface area contributed by atoms with Crippen molar-refractivity contribution in [2.24, 2.45) is 0 Å². The molecule has 0 spiro atoms. The van der Waals surface area contributed by atoms with Gasteiger partial charge in [0.1, 0.15) is 5.82 Å². The number of aromatic nitrogens is 2. The quantitative estimate of drug-likeness (QED) is 0.591. The molecule has 3 N–H and O–H groups in total. The van der Waals surface area contributed by atoms with Gasteiger partial charge in [0, 0.05) is 22.5 Å². The molecular weight excluding hydrogens is 352 g/mol. The SMILES string of the molecule is Cc1cc(Nc2ccccc2C(=O)O)nc(Nc2ccc(Cl)cc2C)n1. The lowest BCUT2D eigenvalue weighted by atomic mass is 10.2. The summed E-state index contributed by atoms with van der Waals surface area (Å²) in [6.07, 6.45) is 0. The van der Waals surface area contributed by atoms with Crippen molar-refractivity contribution in [3.05, 3.63) is 70.4 Å². The first-order valence-electron chi connectivity index (χ1n) is 7.90. The number of carbonyl (C=O) groups is 1. The number of aromatic carboxylic acids is 1. The number of benzene rings is 2. The number of hydrogen-bond acceptors (Lipinski definition) is 5. The number of carboxylic acid groups (broad SMARTS) is 1. The number of nitrogens with one attached hydrogen (secondary N) is 2. The zero-order chi connectivity index (χ0) is 18.7. The van der Waals surface area contributed by atoms with Gasteiger partial charge in [-0.25, -0.2) is 9.78 Å². The molecule has 0 atom stereocenters. The van der Waals surface area contributed by atoms with E-state index < -0.39 is 5.97 Å². The largest absolute Gasteiger partial charge is 0.478 e. The molecule has 0 bridgehead atoms. The van der Waals surface area contributed by atoms with E-state index in [2.05, 4.69) is 20.6 Å². The number of nitrogens with zero attached hydrogens (tertiary/aromatic N) is 2. The highest BCUT2D eigenvalue weighted by atomic mass is 35.5. The Bertz CT molecular complexity index is 976. The summed E-state index contributed by atoms with van der Waals surface area (Å²) >= 11 is 5.98. The van der Waals surface area contributed by atoms with Crippen LogP contribution in [-0.4, -0.2) is 21.0 Å². The topological polar surface area (TPSA) is 87.1 Å². The van der Waals surface area contributed by atoms with E-state index in [1.807, 2.05) is 26.0 Å². The normalized spacial score (nSPS) is 10.4. The molecule has 0 amide bonds. The molecule has 1 aromatic heterocycles. The fourth-order valence-electron chi connectivity index (χ4n) is 2.49. The van der Waals surface area contributed by atoms with Crippen LogP contribution in [0.3, 0.4) is 0 Å². The van der Waals surface area contributed by atoms with Crippen LogP contribution >= 0.6 is 11.6 Å². The van der Waals surface area contributed by atoms with Crippen molar-refractivity contribution in [1.29, 1.82) is 0 Å². The average molecular weight is 369 g/mol. The maximum Gasteiger partial charge on any atom is 0.337 e. The number of hydrogen-bond donors (Lipinski definition) is 3. The molecule has 0 saturated carbocycles. The van der Waals surface area contributed by atoms with Gasteiger partial charge in [-0.15, -0.1) is 0 Å². The molecule has 2 aromatic carbocycles. The Hall–Kier alpha value is -3.12. The van der Waals surface area contributed by atoms with Crippen molar-refractivity contribution in [1.82, 2.24) is 9.97 Å². The van der Waals surface area contributed by atoms with Gasteiger partial charge in [-0.05, 0) is 49.7 Å². The van der Waals surface area contributed by atoms with Crippen LogP contribution in [0.1, 0.15) is 21.6 Å². The van der Waals surface area contributed by atoms with Crippen molar-refractivity contribution >= 4 is 40.7 Å². The third-order valence-corrected chi connectivity index (χ3v) is 3.94. The van der Waals surface area contributed by atoms with E-state index in [0.29, 0.717) is 22.5 Å². The molecule has 0 unspecified atom stereocenters. The third-order valence-electron chi connectivity index (χ3n) is 3.71. The molecule has 0 aliphatic heterocycles. The van der Waals surface area contributed by atoms with Gasteiger partial charge in [0.2, 0.25) is 5.95 Å². The van der Waals surface area contributed by atoms with Gasteiger partial charge in [0.25, 0.3) is 0 Å². The van der Waals surface area contributed by atoms with Crippen LogP contribution in [0.25, 0.3) is 0 Å². The van der Waals surface area contributed by atoms with Crippen molar-refractivity contribution in [2.75, 3.05) is 10.6 Å². The minimum Gasteiger partial charge on any atom is -0.478 e. The van der Waals surface area contributed by atoms with Crippen LogP contribution in [0.5, 0.6) is 0 Å². The average Bonchev–Trinajstić information content (AvgIpc) is 2.57. The second kappa shape index (κ2) is 7.41. The summed E-state index contributed by atoms with van der Waals surface area (Å²) in [7, 11) is 0. The second-order valence-electron chi connectivity index (χ2n) is 5.78. The number of rotatable bonds is 5. The van der Waals surface area contributed by atoms with E-state index in [1.54, 1.807) is 30.3 Å². The number of aryl methyl sites for hydroxylation is 2. The van der Waals surface area contributed by atoms with Crippen molar-refractivity contribution in [3.8, 4) is 0 Å². The van der Waals surface area contributed by atoms with Crippen molar-refractivity contribution in [2.45, 2.75) is 13.8 Å². The molecule has 3 aromatic rings. The zero-order valence-corrected chi connectivity index (χ0v) is 15.0. The van der Waals surface area contributed by atoms with Crippen LogP contribution in [0, 0.1) is 13.8 Å². The first-order valence-corrected chi connectivity index (χ1v) is 8.28. The molecule has 0 fully saturated rings. The van der Waals surface area contributed by atoms with Gasteiger partial charge in [-0.2, -0.15) is 4.98 Å². The standard InChI is InChI=1S/C19H17ClN4O2/c1-11-9-13(20)7-8-15(11)23-19-21-12(2)10-17(24-19)22-16-6-4-3-5-14(16)18(25)26/h3-10H,1-2H3,(H,25,26)(H2,21,22,23,24). The summed E-state index contributed by atoms with van der Waals surface area (Å²) in [5.74, 6) is -0.0972. The Morgan fingerprint density at radius 2 is 1.77 bits per heavy atom. The zero-order valence-electron chi connectivity index (χ0n) is 14.2. The number of para-hydroxylation sites is 1. The Labute approximate surface area is 155 Å². The Morgan fingerprint density at radius 3 is 2.50 bits per heavy atom. The highest BCUT2D eigenvalue weighted by Gasteiger charge is 2.11. The summed E-state index contributed by atoms with van der Waals surface area (Å²) in [4.78, 5) is 20.2. The predicted molar refractivity (Wildman–Crippen MR) is 103 cm³/mol. The van der Waals surface area contributed by atoms with Gasteiger partial charge < -0.3 is 15.7 Å². The minimum atomic E-state index is -1.01. The summed E-state index contributed by atoms with van der Waals surface area (Å²) in [6.45, 7) is 3.78. The van der Waals surface area contributed by atoms with E-state index in [0.717, 1.165) is 16.9 Å². The first-order chi connectivity index (χ1) is 12.4. The fraction of sp³-hybridized carbons (Fsp3) is 0.105. The van der Waals surface area contributed by atoms with Crippen molar-refractivity contribution in [3.63, 3.8) is 0 Å². The molecular formula is C19H17ClN4O2. The Kier molecular flexibility index (Phi) is 5.04. The van der Waals surface area contributed by atoms with Crippen LogP contribution < -0.4 is 10.6 Å². The minimum absolute atomic E-state index is 0.173. The molecule has 132 valence electrons. The van der Waals surface area contributed by atoms with E-state index >= 15 is 0 Å². The first kappa shape index (κ1) is 17.7. The summed E-state index contributed by atoms with van der Waals surface area (Å²) in [6, 6.07) is 13.9. The second-order valence-corrected chi connectivity index (χ2v) is 6.21. The van der Waals surface area contributed by atoms with E-state index in [9.17, 15) is 9.90 Å². The van der Waals surface area contributed by atoms with Crippen LogP contribution in [0.2, 0.25) is 5.02 Å². The monoisotopic (exact) mass is 368 g/mol. The van der Waals surface area contributed by atoms with E-state index in [-0.39, 0.29) is 5.56 Å². The molecule has 7 heteroatoms. The number of anilines is 4. The van der Waals surface area contributed by atoms with Gasteiger partial charge in [0.15, 0.2) is 0 Å². The molecule has 0 radical (unpaired) electrons. The molecule has 3 rings (SSSR count).